The number of aromatic carboxylic acids is 1. The zero-order valence-electron chi connectivity index (χ0n) is 10.1. The summed E-state index contributed by atoms with van der Waals surface area (Å²) in [6.07, 6.45) is 2.36. The van der Waals surface area contributed by atoms with Gasteiger partial charge in [-0.05, 0) is 12.5 Å². The second-order valence-corrected chi connectivity index (χ2v) is 3.99. The Labute approximate surface area is 104 Å². The number of rotatable bonds is 3. The van der Waals surface area contributed by atoms with E-state index in [9.17, 15) is 9.18 Å². The lowest BCUT2D eigenvalue weighted by molar-refractivity contribution is 0.0692. The van der Waals surface area contributed by atoms with Crippen molar-refractivity contribution in [2.75, 3.05) is 0 Å². The lowest BCUT2D eigenvalue weighted by Gasteiger charge is -2.05. The van der Waals surface area contributed by atoms with E-state index in [2.05, 4.69) is 5.10 Å². The molecule has 0 spiro atoms. The van der Waals surface area contributed by atoms with Gasteiger partial charge in [-0.15, -0.1) is 0 Å². The Balaban J connectivity index is 2.64. The number of aromatic nitrogens is 2. The number of benzene rings is 1. The molecule has 0 saturated heterocycles. The van der Waals surface area contributed by atoms with E-state index in [0.29, 0.717) is 12.0 Å². The van der Waals surface area contributed by atoms with Gasteiger partial charge < -0.3 is 5.11 Å². The summed E-state index contributed by atoms with van der Waals surface area (Å²) >= 11 is 0. The molecule has 0 amide bonds. The van der Waals surface area contributed by atoms with E-state index in [4.69, 9.17) is 5.11 Å². The summed E-state index contributed by atoms with van der Waals surface area (Å²) < 4.78 is 15.7. The normalized spacial score (nSPS) is 10.6. The van der Waals surface area contributed by atoms with Crippen molar-refractivity contribution >= 4 is 5.97 Å². The smallest absolute Gasteiger partial charge is 0.338 e. The summed E-state index contributed by atoms with van der Waals surface area (Å²) in [4.78, 5) is 10.9. The molecule has 0 bridgehead atoms. The van der Waals surface area contributed by atoms with Gasteiger partial charge >= 0.3 is 5.97 Å². The van der Waals surface area contributed by atoms with Gasteiger partial charge in [0.05, 0.1) is 11.3 Å². The summed E-state index contributed by atoms with van der Waals surface area (Å²) in [5.41, 5.74) is 1.35. The molecule has 2 rings (SSSR count). The summed E-state index contributed by atoms with van der Waals surface area (Å²) in [5, 5.41) is 13.1. The van der Waals surface area contributed by atoms with Crippen LogP contribution in [-0.2, 0) is 13.5 Å². The second-order valence-electron chi connectivity index (χ2n) is 3.99. The van der Waals surface area contributed by atoms with Crippen molar-refractivity contribution in [2.24, 2.45) is 7.05 Å². The van der Waals surface area contributed by atoms with Crippen LogP contribution in [0.5, 0.6) is 0 Å². The maximum absolute atomic E-state index is 14.1. The van der Waals surface area contributed by atoms with Crippen LogP contribution in [0.15, 0.2) is 24.4 Å². The fraction of sp³-hybridized carbons (Fsp3) is 0.231. The number of carboxylic acids is 1. The van der Waals surface area contributed by atoms with Crippen LogP contribution < -0.4 is 0 Å². The zero-order chi connectivity index (χ0) is 13.3. The van der Waals surface area contributed by atoms with E-state index < -0.39 is 11.8 Å². The lowest BCUT2D eigenvalue weighted by atomic mass is 10.0. The molecule has 18 heavy (non-hydrogen) atoms. The Morgan fingerprint density at radius 1 is 1.44 bits per heavy atom. The van der Waals surface area contributed by atoms with E-state index in [0.717, 1.165) is 5.69 Å². The Bertz CT molecular complexity index is 605. The number of hydrogen-bond acceptors (Lipinski definition) is 2. The van der Waals surface area contributed by atoms with Crippen molar-refractivity contribution in [2.45, 2.75) is 13.3 Å². The number of aryl methyl sites for hydroxylation is 2. The molecule has 2 aromatic rings. The third-order valence-corrected chi connectivity index (χ3v) is 2.76. The van der Waals surface area contributed by atoms with Crippen LogP contribution in [-0.4, -0.2) is 20.9 Å². The Hall–Kier alpha value is -2.17. The molecule has 0 aliphatic carbocycles. The van der Waals surface area contributed by atoms with Crippen LogP contribution in [0.4, 0.5) is 4.39 Å². The van der Waals surface area contributed by atoms with Crippen LogP contribution in [0, 0.1) is 5.82 Å². The third kappa shape index (κ3) is 1.99. The molecule has 1 aromatic heterocycles. The Kier molecular flexibility index (Phi) is 3.14. The Morgan fingerprint density at radius 3 is 2.78 bits per heavy atom. The fourth-order valence-electron chi connectivity index (χ4n) is 1.93. The van der Waals surface area contributed by atoms with Crippen LogP contribution in [0.3, 0.4) is 0 Å². The SMILES string of the molecule is CCc1nn(C)cc1-c1cccc(C(=O)O)c1F. The highest BCUT2D eigenvalue weighted by Gasteiger charge is 2.18. The van der Waals surface area contributed by atoms with E-state index in [-0.39, 0.29) is 11.1 Å². The monoisotopic (exact) mass is 248 g/mol. The van der Waals surface area contributed by atoms with Crippen molar-refractivity contribution in [3.8, 4) is 11.1 Å². The quantitative estimate of drug-likeness (QED) is 0.907. The molecule has 1 heterocycles. The van der Waals surface area contributed by atoms with Crippen LogP contribution in [0.25, 0.3) is 11.1 Å². The highest BCUT2D eigenvalue weighted by molar-refractivity contribution is 5.90. The number of carboxylic acid groups (broad SMARTS) is 1. The van der Waals surface area contributed by atoms with E-state index in [1.165, 1.54) is 12.1 Å². The molecule has 0 aliphatic heterocycles. The molecule has 0 unspecified atom stereocenters. The first-order chi connectivity index (χ1) is 8.54. The minimum Gasteiger partial charge on any atom is -0.478 e. The number of carbonyl (C=O) groups is 1. The van der Waals surface area contributed by atoms with Gasteiger partial charge in [0.2, 0.25) is 0 Å². The maximum Gasteiger partial charge on any atom is 0.338 e. The highest BCUT2D eigenvalue weighted by Crippen LogP contribution is 2.27. The molecular formula is C13H13FN2O2. The Morgan fingerprint density at radius 2 is 2.17 bits per heavy atom. The number of nitrogens with zero attached hydrogens (tertiary/aromatic N) is 2. The largest absolute Gasteiger partial charge is 0.478 e. The van der Waals surface area contributed by atoms with Crippen LogP contribution >= 0.6 is 0 Å². The maximum atomic E-state index is 14.1. The molecule has 1 aromatic carbocycles. The van der Waals surface area contributed by atoms with Gasteiger partial charge in [0.15, 0.2) is 0 Å². The molecule has 94 valence electrons. The average molecular weight is 248 g/mol. The van der Waals surface area contributed by atoms with Crippen LogP contribution in [0.2, 0.25) is 0 Å². The minimum absolute atomic E-state index is 0.278. The summed E-state index contributed by atoms with van der Waals surface area (Å²) in [6, 6.07) is 4.36. The summed E-state index contributed by atoms with van der Waals surface area (Å²) in [6.45, 7) is 1.92. The van der Waals surface area contributed by atoms with Crippen molar-refractivity contribution in [1.82, 2.24) is 9.78 Å². The van der Waals surface area contributed by atoms with Gasteiger partial charge in [0.1, 0.15) is 5.82 Å². The molecule has 0 atom stereocenters. The first kappa shape index (κ1) is 12.3. The molecule has 0 fully saturated rings. The number of halogens is 1. The van der Waals surface area contributed by atoms with E-state index in [1.807, 2.05) is 6.92 Å². The lowest BCUT2D eigenvalue weighted by Crippen LogP contribution is -2.02. The molecule has 0 radical (unpaired) electrons. The van der Waals surface area contributed by atoms with E-state index >= 15 is 0 Å². The van der Waals surface area contributed by atoms with Gasteiger partial charge in [-0.3, -0.25) is 4.68 Å². The summed E-state index contributed by atoms with van der Waals surface area (Å²) in [5.74, 6) is -1.98. The topological polar surface area (TPSA) is 55.1 Å². The van der Waals surface area contributed by atoms with Crippen molar-refractivity contribution < 1.29 is 14.3 Å². The standard InChI is InChI=1S/C13H13FN2O2/c1-3-11-10(7-16(2)15-11)8-5-4-6-9(12(8)14)13(17)18/h4-7H,3H2,1-2H3,(H,17,18). The predicted molar refractivity (Wildman–Crippen MR) is 64.9 cm³/mol. The van der Waals surface area contributed by atoms with Gasteiger partial charge in [-0.2, -0.15) is 5.10 Å². The van der Waals surface area contributed by atoms with E-state index in [1.54, 1.807) is 24.0 Å². The zero-order valence-corrected chi connectivity index (χ0v) is 10.1. The molecular weight excluding hydrogens is 235 g/mol. The van der Waals surface area contributed by atoms with Gasteiger partial charge in [-0.25, -0.2) is 9.18 Å². The predicted octanol–water partition coefficient (Wildman–Crippen LogP) is 2.49. The minimum atomic E-state index is -1.27. The van der Waals surface area contributed by atoms with Crippen molar-refractivity contribution in [1.29, 1.82) is 0 Å². The van der Waals surface area contributed by atoms with Gasteiger partial charge in [0.25, 0.3) is 0 Å². The van der Waals surface area contributed by atoms with Crippen molar-refractivity contribution in [3.63, 3.8) is 0 Å². The fourth-order valence-corrected chi connectivity index (χ4v) is 1.93. The third-order valence-electron chi connectivity index (χ3n) is 2.76. The first-order valence-electron chi connectivity index (χ1n) is 5.59. The number of hydrogen-bond donors (Lipinski definition) is 1. The molecule has 1 N–H and O–H groups in total. The van der Waals surface area contributed by atoms with Gasteiger partial charge in [-0.1, -0.05) is 19.1 Å². The molecule has 0 aliphatic rings. The van der Waals surface area contributed by atoms with Crippen molar-refractivity contribution in [3.05, 3.63) is 41.5 Å². The summed E-state index contributed by atoms with van der Waals surface area (Å²) in [7, 11) is 1.75. The average Bonchev–Trinajstić information content (AvgIpc) is 2.70. The molecule has 5 heteroatoms. The first-order valence-corrected chi connectivity index (χ1v) is 5.59. The van der Waals surface area contributed by atoms with Crippen LogP contribution in [0.1, 0.15) is 23.0 Å². The molecule has 4 nitrogen and oxygen atoms in total. The second kappa shape index (κ2) is 4.60. The highest BCUT2D eigenvalue weighted by atomic mass is 19.1. The van der Waals surface area contributed by atoms with Gasteiger partial charge in [0, 0.05) is 24.4 Å². The molecule has 0 saturated carbocycles.